The number of nitrogens with zero attached hydrogens (tertiary/aromatic N) is 3. The van der Waals surface area contributed by atoms with Crippen molar-refractivity contribution in [3.8, 4) is 0 Å². The minimum absolute atomic E-state index is 0.206. The Labute approximate surface area is 102 Å². The van der Waals surface area contributed by atoms with Crippen LogP contribution < -0.4 is 5.73 Å². The van der Waals surface area contributed by atoms with Gasteiger partial charge in [0.1, 0.15) is 6.54 Å². The molecule has 1 aromatic heterocycles. The molecule has 0 radical (unpaired) electrons. The normalized spacial score (nSPS) is 13.2. The zero-order chi connectivity index (χ0) is 14.0. The van der Waals surface area contributed by atoms with Crippen LogP contribution in [-0.4, -0.2) is 48.1 Å². The van der Waals surface area contributed by atoms with Crippen molar-refractivity contribution in [3.05, 3.63) is 12.5 Å². The summed E-state index contributed by atoms with van der Waals surface area (Å²) in [6.07, 6.45) is -2.30. The third-order valence-electron chi connectivity index (χ3n) is 2.02. The van der Waals surface area contributed by atoms with Gasteiger partial charge in [-0.1, -0.05) is 0 Å². The predicted molar refractivity (Wildman–Crippen MR) is 57.1 cm³/mol. The van der Waals surface area contributed by atoms with Gasteiger partial charge in [0.2, 0.25) is 0 Å². The molecule has 0 atom stereocenters. The second-order valence-electron chi connectivity index (χ2n) is 3.62. The van der Waals surface area contributed by atoms with Crippen molar-refractivity contribution in [2.75, 3.05) is 19.6 Å². The highest BCUT2D eigenvalue weighted by molar-refractivity contribution is 7.89. The van der Waals surface area contributed by atoms with Crippen molar-refractivity contribution >= 4 is 10.0 Å². The Bertz CT molecular complexity index is 497. The minimum atomic E-state index is -4.63. The molecule has 10 heteroatoms. The van der Waals surface area contributed by atoms with Crippen molar-refractivity contribution in [1.29, 1.82) is 0 Å². The first-order valence-corrected chi connectivity index (χ1v) is 6.36. The van der Waals surface area contributed by atoms with Gasteiger partial charge in [-0.2, -0.15) is 17.5 Å². The molecule has 0 unspecified atom stereocenters. The summed E-state index contributed by atoms with van der Waals surface area (Å²) in [6.45, 7) is -2.20. The van der Waals surface area contributed by atoms with Gasteiger partial charge in [-0.15, -0.1) is 0 Å². The molecule has 18 heavy (non-hydrogen) atoms. The summed E-state index contributed by atoms with van der Waals surface area (Å²) in [5.41, 5.74) is 5.13. The van der Waals surface area contributed by atoms with Crippen molar-refractivity contribution in [3.63, 3.8) is 0 Å². The van der Waals surface area contributed by atoms with Crippen LogP contribution in [0.4, 0.5) is 13.2 Å². The van der Waals surface area contributed by atoms with E-state index in [4.69, 9.17) is 5.73 Å². The summed E-state index contributed by atoms with van der Waals surface area (Å²) in [6, 6.07) is 0. The lowest BCUT2D eigenvalue weighted by Crippen LogP contribution is -2.41. The Kier molecular flexibility index (Phi) is 4.35. The third kappa shape index (κ3) is 3.68. The van der Waals surface area contributed by atoms with Crippen molar-refractivity contribution in [1.82, 2.24) is 13.9 Å². The van der Waals surface area contributed by atoms with Crippen molar-refractivity contribution in [2.45, 2.75) is 11.2 Å². The van der Waals surface area contributed by atoms with Crippen LogP contribution in [0.3, 0.4) is 0 Å². The zero-order valence-electron chi connectivity index (χ0n) is 9.55. The molecule has 0 saturated heterocycles. The van der Waals surface area contributed by atoms with Gasteiger partial charge in [-0.05, 0) is 0 Å². The Morgan fingerprint density at radius 1 is 1.50 bits per heavy atom. The third-order valence-corrected chi connectivity index (χ3v) is 3.75. The summed E-state index contributed by atoms with van der Waals surface area (Å²) in [5, 5.41) is -0.428. The zero-order valence-corrected chi connectivity index (χ0v) is 10.4. The molecule has 0 fully saturated rings. The van der Waals surface area contributed by atoms with E-state index < -0.39 is 34.3 Å². The average Bonchev–Trinajstić information content (AvgIpc) is 2.63. The summed E-state index contributed by atoms with van der Waals surface area (Å²) >= 11 is 0. The number of imidazole rings is 1. The van der Waals surface area contributed by atoms with E-state index in [1.807, 2.05) is 0 Å². The molecular formula is C8H13F3N4O2S. The van der Waals surface area contributed by atoms with Gasteiger partial charge in [-0.3, -0.25) is 0 Å². The van der Waals surface area contributed by atoms with Crippen LogP contribution in [0.25, 0.3) is 0 Å². The molecule has 1 aromatic rings. The number of alkyl halides is 3. The first-order valence-electron chi connectivity index (χ1n) is 4.92. The number of hydrogen-bond donors (Lipinski definition) is 1. The molecule has 0 aromatic carbocycles. The number of halogens is 3. The van der Waals surface area contributed by atoms with Gasteiger partial charge in [0, 0.05) is 26.3 Å². The number of nitrogens with two attached hydrogens (primary N) is 1. The van der Waals surface area contributed by atoms with Crippen molar-refractivity contribution < 1.29 is 21.6 Å². The molecule has 0 bridgehead atoms. The number of aromatic nitrogens is 2. The molecule has 0 amide bonds. The van der Waals surface area contributed by atoms with E-state index in [1.165, 1.54) is 17.9 Å². The molecule has 0 aliphatic rings. The lowest BCUT2D eigenvalue weighted by molar-refractivity contribution is -0.136. The lowest BCUT2D eigenvalue weighted by Gasteiger charge is -2.21. The highest BCUT2D eigenvalue weighted by atomic mass is 32.2. The van der Waals surface area contributed by atoms with Crippen LogP contribution in [-0.2, 0) is 17.1 Å². The molecular weight excluding hydrogens is 273 g/mol. The maximum Gasteiger partial charge on any atom is 0.402 e. The first-order chi connectivity index (χ1) is 8.16. The molecule has 6 nitrogen and oxygen atoms in total. The molecule has 0 aliphatic heterocycles. The largest absolute Gasteiger partial charge is 0.402 e. The highest BCUT2D eigenvalue weighted by Crippen LogP contribution is 2.21. The molecule has 1 rings (SSSR count). The van der Waals surface area contributed by atoms with E-state index in [0.717, 1.165) is 6.20 Å². The standard InChI is InChI=1S/C8H13F3N4O2S/c1-14-4-7(13-6-14)18(16,17)15(3-2-12)5-8(9,10)11/h4,6H,2-3,5,12H2,1H3. The molecule has 1 heterocycles. The lowest BCUT2D eigenvalue weighted by atomic mass is 10.5. The summed E-state index contributed by atoms with van der Waals surface area (Å²) in [4.78, 5) is 3.55. The van der Waals surface area contributed by atoms with E-state index in [-0.39, 0.29) is 10.8 Å². The van der Waals surface area contributed by atoms with Gasteiger partial charge >= 0.3 is 6.18 Å². The van der Waals surface area contributed by atoms with Crippen LogP contribution in [0.2, 0.25) is 0 Å². The second-order valence-corrected chi connectivity index (χ2v) is 5.50. The predicted octanol–water partition coefficient (Wildman–Crippen LogP) is -0.0682. The fourth-order valence-corrected chi connectivity index (χ4v) is 2.69. The second kappa shape index (κ2) is 5.24. The number of sulfonamides is 1. The van der Waals surface area contributed by atoms with Crippen LogP contribution in [0.5, 0.6) is 0 Å². The van der Waals surface area contributed by atoms with Crippen LogP contribution in [0.15, 0.2) is 17.6 Å². The summed E-state index contributed by atoms with van der Waals surface area (Å²) < 4.78 is 62.3. The van der Waals surface area contributed by atoms with Gasteiger partial charge in [0.25, 0.3) is 10.0 Å². The van der Waals surface area contributed by atoms with E-state index in [1.54, 1.807) is 0 Å². The topological polar surface area (TPSA) is 81.2 Å². The highest BCUT2D eigenvalue weighted by Gasteiger charge is 2.37. The van der Waals surface area contributed by atoms with E-state index in [0.29, 0.717) is 0 Å². The molecule has 0 aliphatic carbocycles. The number of rotatable bonds is 5. The monoisotopic (exact) mass is 286 g/mol. The Hall–Kier alpha value is -1.13. The first kappa shape index (κ1) is 14.9. The van der Waals surface area contributed by atoms with Crippen LogP contribution in [0.1, 0.15) is 0 Å². The van der Waals surface area contributed by atoms with Gasteiger partial charge < -0.3 is 10.3 Å². The summed E-state index contributed by atoms with van der Waals surface area (Å²) in [5.74, 6) is 0. The Morgan fingerprint density at radius 2 is 2.11 bits per heavy atom. The maximum absolute atomic E-state index is 12.3. The smallest absolute Gasteiger partial charge is 0.339 e. The van der Waals surface area contributed by atoms with Crippen molar-refractivity contribution in [2.24, 2.45) is 12.8 Å². The van der Waals surface area contributed by atoms with Crippen LogP contribution >= 0.6 is 0 Å². The molecule has 0 saturated carbocycles. The fourth-order valence-electron chi connectivity index (χ4n) is 1.28. The Morgan fingerprint density at radius 3 is 2.50 bits per heavy atom. The maximum atomic E-state index is 12.3. The number of hydrogen-bond acceptors (Lipinski definition) is 4. The quantitative estimate of drug-likeness (QED) is 0.821. The number of aryl methyl sites for hydroxylation is 1. The molecule has 2 N–H and O–H groups in total. The minimum Gasteiger partial charge on any atom is -0.339 e. The fraction of sp³-hybridized carbons (Fsp3) is 0.625. The molecule has 0 spiro atoms. The van der Waals surface area contributed by atoms with Gasteiger partial charge in [0.15, 0.2) is 5.03 Å². The molecule has 104 valence electrons. The van der Waals surface area contributed by atoms with Crippen LogP contribution in [0, 0.1) is 0 Å². The average molecular weight is 286 g/mol. The van der Waals surface area contributed by atoms with E-state index in [2.05, 4.69) is 4.98 Å². The Balaban J connectivity index is 3.04. The van der Waals surface area contributed by atoms with Gasteiger partial charge in [0.05, 0.1) is 6.33 Å². The van der Waals surface area contributed by atoms with E-state index >= 15 is 0 Å². The van der Waals surface area contributed by atoms with Gasteiger partial charge in [-0.25, -0.2) is 13.4 Å². The summed E-state index contributed by atoms with van der Waals surface area (Å²) in [7, 11) is -2.76. The van der Waals surface area contributed by atoms with E-state index in [9.17, 15) is 21.6 Å². The SMILES string of the molecule is Cn1cnc(S(=O)(=O)N(CCN)CC(F)(F)F)c1.